The zero-order valence-corrected chi connectivity index (χ0v) is 11.0. The molecule has 3 rings (SSSR count). The number of hydrogen-bond donors (Lipinski definition) is 1. The van der Waals surface area contributed by atoms with Crippen molar-refractivity contribution in [3.63, 3.8) is 0 Å². The summed E-state index contributed by atoms with van der Waals surface area (Å²) in [6, 6.07) is 4.71. The SMILES string of the molecule is O=[N+]([O-])c1ccc(CNC2CCN3CCCC23)s1. The van der Waals surface area contributed by atoms with E-state index in [1.54, 1.807) is 6.07 Å². The highest BCUT2D eigenvalue weighted by molar-refractivity contribution is 7.15. The topological polar surface area (TPSA) is 58.4 Å². The van der Waals surface area contributed by atoms with E-state index < -0.39 is 0 Å². The lowest BCUT2D eigenvalue weighted by Crippen LogP contribution is -2.38. The minimum absolute atomic E-state index is 0.237. The Labute approximate surface area is 110 Å². The summed E-state index contributed by atoms with van der Waals surface area (Å²) in [7, 11) is 0. The minimum Gasteiger partial charge on any atom is -0.307 e. The van der Waals surface area contributed by atoms with Gasteiger partial charge in [-0.1, -0.05) is 11.3 Å². The van der Waals surface area contributed by atoms with Crippen LogP contribution in [0.1, 0.15) is 24.1 Å². The molecular weight excluding hydrogens is 250 g/mol. The van der Waals surface area contributed by atoms with Gasteiger partial charge in [0.2, 0.25) is 0 Å². The van der Waals surface area contributed by atoms with E-state index in [9.17, 15) is 10.1 Å². The molecule has 0 aromatic carbocycles. The van der Waals surface area contributed by atoms with Crippen molar-refractivity contribution in [1.82, 2.24) is 10.2 Å². The predicted molar refractivity (Wildman–Crippen MR) is 70.8 cm³/mol. The Bertz CT molecular complexity index is 448. The summed E-state index contributed by atoms with van der Waals surface area (Å²) in [4.78, 5) is 13.9. The first kappa shape index (κ1) is 12.1. The van der Waals surface area contributed by atoms with Crippen molar-refractivity contribution in [3.8, 4) is 0 Å². The standard InChI is InChI=1S/C12H17N3O2S/c16-15(17)12-4-3-9(18-12)8-13-10-5-7-14-6-1-2-11(10)14/h3-4,10-11,13H,1-2,5-8H2. The van der Waals surface area contributed by atoms with Gasteiger partial charge in [-0.05, 0) is 31.9 Å². The largest absolute Gasteiger partial charge is 0.324 e. The lowest BCUT2D eigenvalue weighted by molar-refractivity contribution is -0.380. The Hall–Kier alpha value is -0.980. The molecule has 0 radical (unpaired) electrons. The third-order valence-electron chi connectivity index (χ3n) is 3.97. The van der Waals surface area contributed by atoms with E-state index in [1.165, 1.54) is 43.7 Å². The quantitative estimate of drug-likeness (QED) is 0.669. The van der Waals surface area contributed by atoms with Gasteiger partial charge in [0, 0.05) is 36.1 Å². The molecule has 0 bridgehead atoms. The molecule has 6 heteroatoms. The highest BCUT2D eigenvalue weighted by Gasteiger charge is 2.36. The van der Waals surface area contributed by atoms with E-state index in [1.807, 2.05) is 6.07 Å². The first-order valence-electron chi connectivity index (χ1n) is 6.44. The normalized spacial score (nSPS) is 27.6. The van der Waals surface area contributed by atoms with Gasteiger partial charge in [0.25, 0.3) is 0 Å². The van der Waals surface area contributed by atoms with Crippen molar-refractivity contribution in [2.75, 3.05) is 13.1 Å². The molecule has 0 amide bonds. The van der Waals surface area contributed by atoms with Gasteiger partial charge in [-0.15, -0.1) is 0 Å². The first-order chi connectivity index (χ1) is 8.74. The van der Waals surface area contributed by atoms with Gasteiger partial charge >= 0.3 is 5.00 Å². The molecule has 2 saturated heterocycles. The third kappa shape index (κ3) is 2.28. The van der Waals surface area contributed by atoms with Crippen LogP contribution >= 0.6 is 11.3 Å². The molecule has 3 heterocycles. The van der Waals surface area contributed by atoms with E-state index in [2.05, 4.69) is 10.2 Å². The summed E-state index contributed by atoms with van der Waals surface area (Å²) in [5.41, 5.74) is 0. The van der Waals surface area contributed by atoms with E-state index in [-0.39, 0.29) is 9.92 Å². The number of nitrogens with one attached hydrogen (secondary N) is 1. The van der Waals surface area contributed by atoms with Gasteiger partial charge in [0.15, 0.2) is 0 Å². The third-order valence-corrected chi connectivity index (χ3v) is 5.01. The molecule has 0 aliphatic carbocycles. The van der Waals surface area contributed by atoms with Gasteiger partial charge in [0.05, 0.1) is 4.92 Å². The van der Waals surface area contributed by atoms with Crippen molar-refractivity contribution < 1.29 is 4.92 Å². The van der Waals surface area contributed by atoms with E-state index >= 15 is 0 Å². The van der Waals surface area contributed by atoms with Crippen LogP contribution in [0.4, 0.5) is 5.00 Å². The highest BCUT2D eigenvalue weighted by atomic mass is 32.1. The molecule has 1 N–H and O–H groups in total. The highest BCUT2D eigenvalue weighted by Crippen LogP contribution is 2.29. The summed E-state index contributed by atoms with van der Waals surface area (Å²) < 4.78 is 0. The smallest absolute Gasteiger partial charge is 0.307 e. The van der Waals surface area contributed by atoms with Crippen LogP contribution in [0.25, 0.3) is 0 Å². The zero-order valence-electron chi connectivity index (χ0n) is 10.2. The average Bonchev–Trinajstić information content (AvgIpc) is 3.03. The fourth-order valence-corrected chi connectivity index (χ4v) is 3.88. The van der Waals surface area contributed by atoms with Crippen molar-refractivity contribution >= 4 is 16.3 Å². The summed E-state index contributed by atoms with van der Waals surface area (Å²) in [5, 5.41) is 14.4. The van der Waals surface area contributed by atoms with Gasteiger partial charge in [-0.25, -0.2) is 0 Å². The number of nitrogens with zero attached hydrogens (tertiary/aromatic N) is 2. The molecule has 2 aliphatic heterocycles. The molecule has 0 saturated carbocycles. The second-order valence-electron chi connectivity index (χ2n) is 5.02. The van der Waals surface area contributed by atoms with Crippen LogP contribution < -0.4 is 5.32 Å². The summed E-state index contributed by atoms with van der Waals surface area (Å²) >= 11 is 1.27. The molecular formula is C12H17N3O2S. The van der Waals surface area contributed by atoms with E-state index in [0.717, 1.165) is 11.4 Å². The Morgan fingerprint density at radius 1 is 1.44 bits per heavy atom. The fraction of sp³-hybridized carbons (Fsp3) is 0.667. The molecule has 2 fully saturated rings. The Morgan fingerprint density at radius 2 is 2.33 bits per heavy atom. The summed E-state index contributed by atoms with van der Waals surface area (Å²) in [6.45, 7) is 3.20. The second-order valence-corrected chi connectivity index (χ2v) is 6.17. The number of thiophene rings is 1. The Balaban J connectivity index is 1.56. The molecule has 1 aromatic heterocycles. The molecule has 0 spiro atoms. The molecule has 2 atom stereocenters. The molecule has 18 heavy (non-hydrogen) atoms. The second kappa shape index (κ2) is 4.95. The first-order valence-corrected chi connectivity index (χ1v) is 7.26. The fourth-order valence-electron chi connectivity index (χ4n) is 3.11. The maximum absolute atomic E-state index is 10.6. The van der Waals surface area contributed by atoms with E-state index in [0.29, 0.717) is 12.1 Å². The maximum Gasteiger partial charge on any atom is 0.324 e. The van der Waals surface area contributed by atoms with Gasteiger partial charge < -0.3 is 5.32 Å². The summed E-state index contributed by atoms with van der Waals surface area (Å²) in [5.74, 6) is 0. The Morgan fingerprint density at radius 3 is 3.11 bits per heavy atom. The minimum atomic E-state index is -0.317. The van der Waals surface area contributed by atoms with Crippen molar-refractivity contribution in [2.45, 2.75) is 37.9 Å². The molecule has 98 valence electrons. The molecule has 2 aliphatic rings. The van der Waals surface area contributed by atoms with Gasteiger partial charge in [-0.3, -0.25) is 15.0 Å². The van der Waals surface area contributed by atoms with Crippen molar-refractivity contribution in [2.24, 2.45) is 0 Å². The lowest BCUT2D eigenvalue weighted by atomic mass is 10.1. The van der Waals surface area contributed by atoms with Crippen LogP contribution in [0, 0.1) is 10.1 Å². The molecule has 5 nitrogen and oxygen atoms in total. The van der Waals surface area contributed by atoms with Crippen LogP contribution in [0.3, 0.4) is 0 Å². The number of fused-ring (bicyclic) bond motifs is 1. The maximum atomic E-state index is 10.6. The Kier molecular flexibility index (Phi) is 3.32. The monoisotopic (exact) mass is 267 g/mol. The lowest BCUT2D eigenvalue weighted by Gasteiger charge is -2.20. The number of hydrogen-bond acceptors (Lipinski definition) is 5. The summed E-state index contributed by atoms with van der Waals surface area (Å²) in [6.07, 6.45) is 3.81. The number of nitro groups is 1. The van der Waals surface area contributed by atoms with Crippen LogP contribution in [0.2, 0.25) is 0 Å². The number of rotatable bonds is 4. The molecule has 2 unspecified atom stereocenters. The van der Waals surface area contributed by atoms with Gasteiger partial charge in [-0.2, -0.15) is 0 Å². The average molecular weight is 267 g/mol. The van der Waals surface area contributed by atoms with Crippen LogP contribution in [0.15, 0.2) is 12.1 Å². The van der Waals surface area contributed by atoms with Crippen molar-refractivity contribution in [3.05, 3.63) is 27.1 Å². The molecule has 1 aromatic rings. The van der Waals surface area contributed by atoms with Crippen LogP contribution in [0.5, 0.6) is 0 Å². The van der Waals surface area contributed by atoms with E-state index in [4.69, 9.17) is 0 Å². The van der Waals surface area contributed by atoms with Crippen molar-refractivity contribution in [1.29, 1.82) is 0 Å². The van der Waals surface area contributed by atoms with Gasteiger partial charge in [0.1, 0.15) is 0 Å². The predicted octanol–water partition coefficient (Wildman–Crippen LogP) is 1.98. The van der Waals surface area contributed by atoms with Crippen LogP contribution in [-0.2, 0) is 6.54 Å². The zero-order chi connectivity index (χ0) is 12.5. The van der Waals surface area contributed by atoms with Crippen LogP contribution in [-0.4, -0.2) is 35.0 Å².